The lowest BCUT2D eigenvalue weighted by atomic mass is 10.0. The predicted octanol–water partition coefficient (Wildman–Crippen LogP) is 1.13. The summed E-state index contributed by atoms with van der Waals surface area (Å²) in [5, 5.41) is 11.6. The van der Waals surface area contributed by atoms with E-state index < -0.39 is 6.04 Å². The Morgan fingerprint density at radius 1 is 1.23 bits per heavy atom. The Balaban J connectivity index is 1.96. The summed E-state index contributed by atoms with van der Waals surface area (Å²) in [5.74, 6) is -0.318. The number of carbonyl (C=O) groups excluding carboxylic acids is 2. The highest BCUT2D eigenvalue weighted by atomic mass is 16.2. The van der Waals surface area contributed by atoms with Crippen molar-refractivity contribution in [2.75, 3.05) is 5.32 Å². The van der Waals surface area contributed by atoms with E-state index in [0.717, 1.165) is 5.56 Å². The van der Waals surface area contributed by atoms with Gasteiger partial charge in [-0.05, 0) is 11.5 Å². The Labute approximate surface area is 128 Å². The van der Waals surface area contributed by atoms with Crippen molar-refractivity contribution in [1.29, 1.82) is 0 Å². The van der Waals surface area contributed by atoms with Gasteiger partial charge in [-0.15, -0.1) is 0 Å². The minimum Gasteiger partial charge on any atom is -0.344 e. The van der Waals surface area contributed by atoms with Crippen LogP contribution in [0.4, 0.5) is 5.95 Å². The molecule has 0 aliphatic heterocycles. The first-order valence-corrected chi connectivity index (χ1v) is 7.06. The van der Waals surface area contributed by atoms with Crippen molar-refractivity contribution in [2.24, 2.45) is 5.92 Å². The second-order valence-electron chi connectivity index (χ2n) is 5.27. The van der Waals surface area contributed by atoms with E-state index in [-0.39, 0.29) is 30.1 Å². The lowest BCUT2D eigenvalue weighted by Gasteiger charge is -2.21. The van der Waals surface area contributed by atoms with Crippen molar-refractivity contribution in [1.82, 2.24) is 20.5 Å². The van der Waals surface area contributed by atoms with Gasteiger partial charge < -0.3 is 5.32 Å². The average Bonchev–Trinajstić information content (AvgIpc) is 2.98. The Kier molecular flexibility index (Phi) is 5.24. The highest BCUT2D eigenvalue weighted by molar-refractivity contribution is 5.96. The Bertz CT molecular complexity index is 610. The molecule has 0 fully saturated rings. The van der Waals surface area contributed by atoms with Gasteiger partial charge in [-0.2, -0.15) is 10.1 Å². The largest absolute Gasteiger partial charge is 0.344 e. The number of H-pyrrole nitrogens is 1. The molecule has 1 aromatic heterocycles. The molecule has 7 nitrogen and oxygen atoms in total. The summed E-state index contributed by atoms with van der Waals surface area (Å²) in [5.41, 5.74) is 0.901. The smallest absolute Gasteiger partial charge is 0.249 e. The molecule has 116 valence electrons. The van der Waals surface area contributed by atoms with Crippen LogP contribution in [0, 0.1) is 5.92 Å². The number of amides is 2. The minimum absolute atomic E-state index is 0.0531. The molecule has 0 saturated heterocycles. The molecule has 0 unspecified atom stereocenters. The van der Waals surface area contributed by atoms with Crippen LogP contribution in [0.15, 0.2) is 36.7 Å². The summed E-state index contributed by atoms with van der Waals surface area (Å²) < 4.78 is 0. The Morgan fingerprint density at radius 2 is 1.95 bits per heavy atom. The van der Waals surface area contributed by atoms with E-state index >= 15 is 0 Å². The molecule has 3 N–H and O–H groups in total. The molecule has 0 saturated carbocycles. The van der Waals surface area contributed by atoms with Crippen molar-refractivity contribution in [3.05, 3.63) is 42.2 Å². The van der Waals surface area contributed by atoms with E-state index in [2.05, 4.69) is 25.8 Å². The number of aromatic nitrogens is 3. The number of benzene rings is 1. The van der Waals surface area contributed by atoms with Gasteiger partial charge in [-0.3, -0.25) is 14.9 Å². The zero-order valence-electron chi connectivity index (χ0n) is 12.5. The molecule has 2 rings (SSSR count). The van der Waals surface area contributed by atoms with E-state index in [1.54, 1.807) is 0 Å². The zero-order valence-corrected chi connectivity index (χ0v) is 12.5. The van der Waals surface area contributed by atoms with Gasteiger partial charge in [0.15, 0.2) is 0 Å². The quantitative estimate of drug-likeness (QED) is 0.744. The molecule has 2 aromatic rings. The first kappa shape index (κ1) is 15.7. The fraction of sp³-hybridized carbons (Fsp3) is 0.333. The molecule has 1 heterocycles. The van der Waals surface area contributed by atoms with Crippen LogP contribution in [-0.4, -0.2) is 33.0 Å². The molecule has 0 radical (unpaired) electrons. The Hall–Kier alpha value is -2.70. The van der Waals surface area contributed by atoms with Crippen molar-refractivity contribution in [3.63, 3.8) is 0 Å². The van der Waals surface area contributed by atoms with Gasteiger partial charge >= 0.3 is 0 Å². The SMILES string of the molecule is CC(C)[C@@H](NC(=O)Cc1ccccc1)C(=O)Nc1ncn[nH]1. The minimum atomic E-state index is -0.638. The molecule has 2 amide bonds. The second kappa shape index (κ2) is 7.35. The maximum Gasteiger partial charge on any atom is 0.249 e. The van der Waals surface area contributed by atoms with Crippen LogP contribution in [0.1, 0.15) is 19.4 Å². The number of hydrogen-bond donors (Lipinski definition) is 3. The topological polar surface area (TPSA) is 99.8 Å². The van der Waals surface area contributed by atoms with Crippen LogP contribution >= 0.6 is 0 Å². The lowest BCUT2D eigenvalue weighted by molar-refractivity contribution is -0.127. The molecule has 7 heteroatoms. The average molecular weight is 301 g/mol. The Morgan fingerprint density at radius 3 is 2.55 bits per heavy atom. The molecule has 1 aromatic carbocycles. The first-order valence-electron chi connectivity index (χ1n) is 7.06. The molecule has 22 heavy (non-hydrogen) atoms. The number of hydrogen-bond acceptors (Lipinski definition) is 4. The van der Waals surface area contributed by atoms with Crippen LogP contribution in [0.5, 0.6) is 0 Å². The molecule has 1 atom stereocenters. The van der Waals surface area contributed by atoms with Crippen molar-refractivity contribution in [2.45, 2.75) is 26.3 Å². The van der Waals surface area contributed by atoms with Crippen LogP contribution in [0.2, 0.25) is 0 Å². The molecule has 0 spiro atoms. The third-order valence-electron chi connectivity index (χ3n) is 3.13. The highest BCUT2D eigenvalue weighted by Crippen LogP contribution is 2.06. The van der Waals surface area contributed by atoms with Gasteiger partial charge in [-0.1, -0.05) is 44.2 Å². The fourth-order valence-electron chi connectivity index (χ4n) is 2.00. The maximum atomic E-state index is 12.2. The van der Waals surface area contributed by atoms with Crippen molar-refractivity contribution >= 4 is 17.8 Å². The van der Waals surface area contributed by atoms with E-state index in [0.29, 0.717) is 0 Å². The molecule has 0 aliphatic rings. The number of nitrogens with zero attached hydrogens (tertiary/aromatic N) is 2. The van der Waals surface area contributed by atoms with Crippen molar-refractivity contribution < 1.29 is 9.59 Å². The number of carbonyl (C=O) groups is 2. The van der Waals surface area contributed by atoms with E-state index in [9.17, 15) is 9.59 Å². The van der Waals surface area contributed by atoms with Crippen LogP contribution in [0.25, 0.3) is 0 Å². The molecular formula is C15H19N5O2. The van der Waals surface area contributed by atoms with Crippen LogP contribution in [-0.2, 0) is 16.0 Å². The molecule has 0 bridgehead atoms. The normalized spacial score (nSPS) is 12.0. The molecule has 0 aliphatic carbocycles. The zero-order chi connectivity index (χ0) is 15.9. The van der Waals surface area contributed by atoms with Gasteiger partial charge in [0.1, 0.15) is 12.4 Å². The summed E-state index contributed by atoms with van der Waals surface area (Å²) in [6.45, 7) is 3.74. The number of aromatic amines is 1. The van der Waals surface area contributed by atoms with E-state index in [4.69, 9.17) is 0 Å². The monoisotopic (exact) mass is 301 g/mol. The first-order chi connectivity index (χ1) is 10.6. The predicted molar refractivity (Wildman–Crippen MR) is 81.9 cm³/mol. The lowest BCUT2D eigenvalue weighted by Crippen LogP contribution is -2.47. The van der Waals surface area contributed by atoms with Crippen molar-refractivity contribution in [3.8, 4) is 0 Å². The van der Waals surface area contributed by atoms with Gasteiger partial charge in [0.25, 0.3) is 0 Å². The third-order valence-corrected chi connectivity index (χ3v) is 3.13. The van der Waals surface area contributed by atoms with Gasteiger partial charge in [-0.25, -0.2) is 5.10 Å². The summed E-state index contributed by atoms with van der Waals surface area (Å²) >= 11 is 0. The maximum absolute atomic E-state index is 12.2. The highest BCUT2D eigenvalue weighted by Gasteiger charge is 2.24. The second-order valence-corrected chi connectivity index (χ2v) is 5.27. The summed E-state index contributed by atoms with van der Waals surface area (Å²) in [6, 6.07) is 8.75. The number of anilines is 1. The van der Waals surface area contributed by atoms with E-state index in [1.165, 1.54) is 6.33 Å². The van der Waals surface area contributed by atoms with E-state index in [1.807, 2.05) is 44.2 Å². The fourth-order valence-corrected chi connectivity index (χ4v) is 2.00. The molecular weight excluding hydrogens is 282 g/mol. The van der Waals surface area contributed by atoms with Gasteiger partial charge in [0.2, 0.25) is 17.8 Å². The summed E-state index contributed by atoms with van der Waals surface area (Å²) in [6.07, 6.45) is 1.54. The number of nitrogens with one attached hydrogen (secondary N) is 3. The standard InChI is InChI=1S/C15H19N5O2/c1-10(2)13(14(22)19-15-16-9-17-20-15)18-12(21)8-11-6-4-3-5-7-11/h3-7,9-10,13H,8H2,1-2H3,(H,18,21)(H2,16,17,19,20,22)/t13-/m1/s1. The van der Waals surface area contributed by atoms with Gasteiger partial charge in [0, 0.05) is 0 Å². The van der Waals surface area contributed by atoms with Crippen LogP contribution < -0.4 is 10.6 Å². The summed E-state index contributed by atoms with van der Waals surface area (Å²) in [7, 11) is 0. The number of rotatable bonds is 6. The third kappa shape index (κ3) is 4.41. The van der Waals surface area contributed by atoms with Gasteiger partial charge in [0.05, 0.1) is 6.42 Å². The summed E-state index contributed by atoms with van der Waals surface area (Å²) in [4.78, 5) is 28.2. The van der Waals surface area contributed by atoms with Crippen LogP contribution in [0.3, 0.4) is 0 Å².